The maximum atomic E-state index is 10.8. The van der Waals surface area contributed by atoms with E-state index in [0.29, 0.717) is 22.4 Å². The van der Waals surface area contributed by atoms with Crippen molar-refractivity contribution in [3.63, 3.8) is 0 Å². The summed E-state index contributed by atoms with van der Waals surface area (Å²) in [6.45, 7) is 1.79. The molecule has 0 amide bonds. The predicted molar refractivity (Wildman–Crippen MR) is 61.7 cm³/mol. The molecule has 1 unspecified atom stereocenters. The molecule has 1 heterocycles. The first kappa shape index (κ1) is 11.8. The summed E-state index contributed by atoms with van der Waals surface area (Å²) >= 11 is 3.26. The molecule has 0 radical (unpaired) electrons. The van der Waals surface area contributed by atoms with Gasteiger partial charge in [-0.2, -0.15) is 0 Å². The number of nitrogens with one attached hydrogen (secondary N) is 1. The number of hydrogen-bond acceptors (Lipinski definition) is 4. The lowest BCUT2D eigenvalue weighted by Crippen LogP contribution is -2.28. The highest BCUT2D eigenvalue weighted by Crippen LogP contribution is 2.22. The molecule has 5 nitrogen and oxygen atoms in total. The maximum Gasteiger partial charge on any atom is 0.326 e. The Morgan fingerprint density at radius 1 is 1.80 bits per heavy atom. The topological polar surface area (TPSA) is 88.2 Å². The van der Waals surface area contributed by atoms with Crippen molar-refractivity contribution in [3.8, 4) is 0 Å². The second-order valence-corrected chi connectivity index (χ2v) is 3.90. The van der Waals surface area contributed by atoms with Crippen molar-refractivity contribution in [2.75, 3.05) is 11.1 Å². The van der Waals surface area contributed by atoms with Crippen molar-refractivity contribution in [1.29, 1.82) is 0 Å². The molecular formula is C9H12BrN3O2. The van der Waals surface area contributed by atoms with E-state index in [-0.39, 0.29) is 0 Å². The molecular weight excluding hydrogens is 262 g/mol. The lowest BCUT2D eigenvalue weighted by molar-refractivity contribution is -0.137. The van der Waals surface area contributed by atoms with Crippen molar-refractivity contribution < 1.29 is 9.90 Å². The van der Waals surface area contributed by atoms with Crippen molar-refractivity contribution in [3.05, 3.63) is 16.7 Å². The minimum Gasteiger partial charge on any atom is -0.480 e. The van der Waals surface area contributed by atoms with Crippen LogP contribution in [0.1, 0.15) is 13.3 Å². The molecule has 0 spiro atoms. The number of pyridine rings is 1. The predicted octanol–water partition coefficient (Wildman–Crippen LogP) is 1.70. The van der Waals surface area contributed by atoms with Crippen LogP contribution in [0, 0.1) is 0 Å². The molecule has 6 heteroatoms. The van der Waals surface area contributed by atoms with Gasteiger partial charge in [-0.25, -0.2) is 9.78 Å². The first-order valence-corrected chi connectivity index (χ1v) is 5.24. The van der Waals surface area contributed by atoms with Gasteiger partial charge in [-0.05, 0) is 28.4 Å². The van der Waals surface area contributed by atoms with Crippen LogP contribution in [0.4, 0.5) is 11.5 Å². The summed E-state index contributed by atoms with van der Waals surface area (Å²) < 4.78 is 0.655. The number of carboxylic acid groups (broad SMARTS) is 1. The number of nitrogen functional groups attached to an aromatic ring is 1. The van der Waals surface area contributed by atoms with Crippen molar-refractivity contribution in [2.45, 2.75) is 19.4 Å². The second kappa shape index (κ2) is 4.97. The van der Waals surface area contributed by atoms with E-state index in [0.717, 1.165) is 0 Å². The van der Waals surface area contributed by atoms with Crippen LogP contribution in [-0.2, 0) is 4.79 Å². The Kier molecular flexibility index (Phi) is 3.90. The van der Waals surface area contributed by atoms with Gasteiger partial charge in [-0.1, -0.05) is 6.92 Å². The van der Waals surface area contributed by atoms with Crippen LogP contribution in [0.15, 0.2) is 16.7 Å². The third-order valence-electron chi connectivity index (χ3n) is 1.88. The summed E-state index contributed by atoms with van der Waals surface area (Å²) in [5.74, 6) is -0.415. The number of rotatable bonds is 4. The van der Waals surface area contributed by atoms with Gasteiger partial charge >= 0.3 is 5.97 Å². The molecule has 0 saturated carbocycles. The Morgan fingerprint density at radius 3 is 2.93 bits per heavy atom. The number of halogens is 1. The normalized spacial score (nSPS) is 12.1. The number of anilines is 2. The quantitative estimate of drug-likeness (QED) is 0.777. The highest BCUT2D eigenvalue weighted by atomic mass is 79.9. The number of hydrogen-bond donors (Lipinski definition) is 3. The number of nitrogens with zero attached hydrogens (tertiary/aromatic N) is 1. The number of carbonyl (C=O) groups is 1. The van der Waals surface area contributed by atoms with Gasteiger partial charge in [0.05, 0.1) is 16.4 Å². The Bertz CT molecular complexity index is 370. The molecule has 0 aromatic carbocycles. The van der Waals surface area contributed by atoms with E-state index in [1.54, 1.807) is 13.0 Å². The van der Waals surface area contributed by atoms with Gasteiger partial charge < -0.3 is 16.2 Å². The van der Waals surface area contributed by atoms with Gasteiger partial charge in [0.15, 0.2) is 0 Å². The molecule has 0 aliphatic rings. The van der Waals surface area contributed by atoms with Gasteiger partial charge in [0.25, 0.3) is 0 Å². The standard InChI is InChI=1S/C9H12BrN3O2/c1-2-7(9(14)15)13-8-6(10)3-5(11)4-12-8/h3-4,7H,2,11H2,1H3,(H,12,13)(H,14,15). The average molecular weight is 274 g/mol. The number of aromatic nitrogens is 1. The van der Waals surface area contributed by atoms with E-state index in [1.165, 1.54) is 6.20 Å². The van der Waals surface area contributed by atoms with Gasteiger partial charge in [-0.15, -0.1) is 0 Å². The van der Waals surface area contributed by atoms with E-state index in [4.69, 9.17) is 10.8 Å². The monoisotopic (exact) mass is 273 g/mol. The SMILES string of the molecule is CCC(Nc1ncc(N)cc1Br)C(=O)O. The van der Waals surface area contributed by atoms with Crippen LogP contribution in [0.25, 0.3) is 0 Å². The summed E-state index contributed by atoms with van der Waals surface area (Å²) in [5.41, 5.74) is 6.04. The molecule has 1 atom stereocenters. The van der Waals surface area contributed by atoms with Crippen LogP contribution in [0.3, 0.4) is 0 Å². The summed E-state index contributed by atoms with van der Waals surface area (Å²) in [4.78, 5) is 14.8. The summed E-state index contributed by atoms with van der Waals surface area (Å²) in [5, 5.41) is 11.7. The fourth-order valence-electron chi connectivity index (χ4n) is 1.06. The molecule has 0 aliphatic heterocycles. The number of carboxylic acids is 1. The van der Waals surface area contributed by atoms with Gasteiger partial charge in [0.1, 0.15) is 11.9 Å². The van der Waals surface area contributed by atoms with Crippen molar-refractivity contribution >= 4 is 33.4 Å². The first-order valence-electron chi connectivity index (χ1n) is 4.45. The fraction of sp³-hybridized carbons (Fsp3) is 0.333. The Balaban J connectivity index is 2.84. The Labute approximate surface area is 95.8 Å². The average Bonchev–Trinajstić information content (AvgIpc) is 2.16. The van der Waals surface area contributed by atoms with Crippen LogP contribution < -0.4 is 11.1 Å². The lowest BCUT2D eigenvalue weighted by atomic mass is 10.2. The van der Waals surface area contributed by atoms with Gasteiger partial charge in [0.2, 0.25) is 0 Å². The van der Waals surface area contributed by atoms with Gasteiger partial charge in [0, 0.05) is 0 Å². The van der Waals surface area contributed by atoms with Gasteiger partial charge in [-0.3, -0.25) is 0 Å². The molecule has 0 bridgehead atoms. The molecule has 1 rings (SSSR count). The molecule has 1 aromatic rings. The molecule has 82 valence electrons. The third kappa shape index (κ3) is 3.09. The van der Waals surface area contributed by atoms with E-state index < -0.39 is 12.0 Å². The highest BCUT2D eigenvalue weighted by Gasteiger charge is 2.16. The summed E-state index contributed by atoms with van der Waals surface area (Å²) in [6.07, 6.45) is 1.95. The Hall–Kier alpha value is -1.30. The fourth-order valence-corrected chi connectivity index (χ4v) is 1.54. The summed E-state index contributed by atoms with van der Waals surface area (Å²) in [7, 11) is 0. The number of nitrogens with two attached hydrogens (primary N) is 1. The zero-order valence-electron chi connectivity index (χ0n) is 8.20. The number of aliphatic carboxylic acids is 1. The lowest BCUT2D eigenvalue weighted by Gasteiger charge is -2.13. The van der Waals surface area contributed by atoms with Crippen molar-refractivity contribution in [1.82, 2.24) is 4.98 Å². The smallest absolute Gasteiger partial charge is 0.326 e. The molecule has 1 aromatic heterocycles. The Morgan fingerprint density at radius 2 is 2.47 bits per heavy atom. The van der Waals surface area contributed by atoms with E-state index in [1.807, 2.05) is 0 Å². The first-order chi connectivity index (χ1) is 7.04. The summed E-state index contributed by atoms with van der Waals surface area (Å²) in [6, 6.07) is 1.03. The molecule has 0 saturated heterocycles. The zero-order valence-corrected chi connectivity index (χ0v) is 9.78. The van der Waals surface area contributed by atoms with E-state index in [9.17, 15) is 4.79 Å². The van der Waals surface area contributed by atoms with Crippen LogP contribution in [0.5, 0.6) is 0 Å². The van der Waals surface area contributed by atoms with E-state index >= 15 is 0 Å². The molecule has 4 N–H and O–H groups in total. The second-order valence-electron chi connectivity index (χ2n) is 3.04. The maximum absolute atomic E-state index is 10.8. The zero-order chi connectivity index (χ0) is 11.4. The minimum absolute atomic E-state index is 0.480. The van der Waals surface area contributed by atoms with Crippen LogP contribution in [-0.4, -0.2) is 22.1 Å². The van der Waals surface area contributed by atoms with Crippen LogP contribution in [0.2, 0.25) is 0 Å². The third-order valence-corrected chi connectivity index (χ3v) is 2.48. The largest absolute Gasteiger partial charge is 0.480 e. The molecule has 0 fully saturated rings. The highest BCUT2D eigenvalue weighted by molar-refractivity contribution is 9.10. The minimum atomic E-state index is -0.900. The van der Waals surface area contributed by atoms with E-state index in [2.05, 4.69) is 26.2 Å². The molecule has 15 heavy (non-hydrogen) atoms. The van der Waals surface area contributed by atoms with Crippen molar-refractivity contribution in [2.24, 2.45) is 0 Å². The van der Waals surface area contributed by atoms with Crippen LogP contribution >= 0.6 is 15.9 Å². The molecule has 0 aliphatic carbocycles.